The molecule has 112 valence electrons. The highest BCUT2D eigenvalue weighted by molar-refractivity contribution is 5.24. The number of rotatable bonds is 0. The van der Waals surface area contributed by atoms with Crippen LogP contribution in [-0.2, 0) is 0 Å². The quantitative estimate of drug-likeness (QED) is 0.635. The Labute approximate surface area is 123 Å². The maximum absolute atomic E-state index is 10.2. The van der Waals surface area contributed by atoms with Gasteiger partial charge >= 0.3 is 0 Å². The summed E-state index contributed by atoms with van der Waals surface area (Å²) in [5.74, 6) is 2.79. The van der Waals surface area contributed by atoms with Crippen molar-refractivity contribution in [3.63, 3.8) is 0 Å². The number of allylic oxidation sites excluding steroid dienone is 1. The molecule has 0 aliphatic heterocycles. The van der Waals surface area contributed by atoms with Gasteiger partial charge in [0.15, 0.2) is 0 Å². The summed E-state index contributed by atoms with van der Waals surface area (Å²) in [6.45, 7) is 5.06. The summed E-state index contributed by atoms with van der Waals surface area (Å²) in [5, 5.41) is 10.2. The predicted octanol–water partition coefficient (Wildman–Crippen LogP) is 4.70. The summed E-state index contributed by atoms with van der Waals surface area (Å²) in [4.78, 5) is 0. The van der Waals surface area contributed by atoms with E-state index in [0.717, 1.165) is 30.6 Å². The van der Waals surface area contributed by atoms with Gasteiger partial charge in [-0.3, -0.25) is 0 Å². The number of aliphatic hydroxyl groups is 1. The minimum Gasteiger partial charge on any atom is -0.393 e. The number of fused-ring (bicyclic) bond motifs is 5. The topological polar surface area (TPSA) is 20.2 Å². The zero-order chi connectivity index (χ0) is 14.0. The van der Waals surface area contributed by atoms with Crippen LogP contribution in [0, 0.1) is 28.6 Å². The highest BCUT2D eigenvalue weighted by Crippen LogP contribution is 2.65. The third-order valence-corrected chi connectivity index (χ3v) is 7.81. The molecule has 0 radical (unpaired) electrons. The Bertz CT molecular complexity index is 439. The van der Waals surface area contributed by atoms with E-state index in [1.54, 1.807) is 5.57 Å². The second kappa shape index (κ2) is 4.35. The second-order valence-corrected chi connectivity index (χ2v) is 8.74. The second-order valence-electron chi connectivity index (χ2n) is 8.74. The standard InChI is InChI=1S/C19H30O/c1-18-10-3-4-16(18)15-8-6-13-5-7-14(20)12-19(13,2)17(15)9-11-18/h5,14-17,20H,3-4,6-12H2,1-2H3/t14?,15-,16-,17-,18-,19-/m0/s1. The van der Waals surface area contributed by atoms with Crippen LogP contribution >= 0.6 is 0 Å². The molecule has 6 atom stereocenters. The lowest BCUT2D eigenvalue weighted by Crippen LogP contribution is -2.50. The van der Waals surface area contributed by atoms with Gasteiger partial charge in [-0.05, 0) is 80.0 Å². The van der Waals surface area contributed by atoms with Crippen LogP contribution in [0.5, 0.6) is 0 Å². The predicted molar refractivity (Wildman–Crippen MR) is 82.3 cm³/mol. The number of hydrogen-bond donors (Lipinski definition) is 1. The van der Waals surface area contributed by atoms with E-state index in [1.165, 1.54) is 44.9 Å². The lowest BCUT2D eigenvalue weighted by molar-refractivity contribution is -0.0512. The third kappa shape index (κ3) is 1.71. The van der Waals surface area contributed by atoms with Crippen molar-refractivity contribution < 1.29 is 5.11 Å². The van der Waals surface area contributed by atoms with E-state index >= 15 is 0 Å². The van der Waals surface area contributed by atoms with Crippen molar-refractivity contribution in [2.45, 2.75) is 77.7 Å². The van der Waals surface area contributed by atoms with Crippen molar-refractivity contribution in [2.75, 3.05) is 0 Å². The Morgan fingerprint density at radius 1 is 1.10 bits per heavy atom. The summed E-state index contributed by atoms with van der Waals surface area (Å²) in [6, 6.07) is 0. The Hall–Kier alpha value is -0.300. The first kappa shape index (κ1) is 13.4. The van der Waals surface area contributed by atoms with Crippen LogP contribution in [0.4, 0.5) is 0 Å². The molecule has 20 heavy (non-hydrogen) atoms. The molecule has 0 aromatic rings. The van der Waals surface area contributed by atoms with Crippen molar-refractivity contribution in [1.82, 2.24) is 0 Å². The van der Waals surface area contributed by atoms with Gasteiger partial charge < -0.3 is 5.11 Å². The smallest absolute Gasteiger partial charge is 0.0583 e. The maximum Gasteiger partial charge on any atom is 0.0583 e. The van der Waals surface area contributed by atoms with E-state index in [4.69, 9.17) is 0 Å². The van der Waals surface area contributed by atoms with E-state index in [2.05, 4.69) is 19.9 Å². The Kier molecular flexibility index (Phi) is 2.91. The van der Waals surface area contributed by atoms with Gasteiger partial charge in [-0.2, -0.15) is 0 Å². The molecule has 3 saturated carbocycles. The van der Waals surface area contributed by atoms with Gasteiger partial charge in [-0.25, -0.2) is 0 Å². The third-order valence-electron chi connectivity index (χ3n) is 7.81. The van der Waals surface area contributed by atoms with Gasteiger partial charge in [0, 0.05) is 0 Å². The molecule has 0 amide bonds. The fraction of sp³-hybridized carbons (Fsp3) is 0.895. The van der Waals surface area contributed by atoms with Crippen molar-refractivity contribution in [1.29, 1.82) is 0 Å². The molecule has 1 N–H and O–H groups in total. The molecule has 1 nitrogen and oxygen atoms in total. The molecule has 4 aliphatic carbocycles. The summed E-state index contributed by atoms with van der Waals surface area (Å²) < 4.78 is 0. The summed E-state index contributed by atoms with van der Waals surface area (Å²) in [5.41, 5.74) is 2.68. The molecule has 0 aromatic carbocycles. The molecule has 0 saturated heterocycles. The summed E-state index contributed by atoms with van der Waals surface area (Å²) in [6.07, 6.45) is 14.3. The molecule has 1 unspecified atom stereocenters. The average molecular weight is 274 g/mol. The zero-order valence-corrected chi connectivity index (χ0v) is 13.2. The Morgan fingerprint density at radius 3 is 2.80 bits per heavy atom. The van der Waals surface area contributed by atoms with Gasteiger partial charge in [0.05, 0.1) is 6.10 Å². The lowest BCUT2D eigenvalue weighted by Gasteiger charge is -2.58. The molecule has 1 heteroatoms. The van der Waals surface area contributed by atoms with E-state index < -0.39 is 0 Å². The van der Waals surface area contributed by atoms with E-state index in [1.807, 2.05) is 0 Å². The molecule has 0 bridgehead atoms. The number of hydrogen-bond acceptors (Lipinski definition) is 1. The Morgan fingerprint density at radius 2 is 1.95 bits per heavy atom. The van der Waals surface area contributed by atoms with E-state index in [0.29, 0.717) is 10.8 Å². The van der Waals surface area contributed by atoms with Crippen molar-refractivity contribution in [3.8, 4) is 0 Å². The molecule has 0 aromatic heterocycles. The Balaban J connectivity index is 1.68. The normalized spacial score (nSPS) is 54.6. The molecule has 3 fully saturated rings. The maximum atomic E-state index is 10.2. The van der Waals surface area contributed by atoms with Crippen LogP contribution in [0.3, 0.4) is 0 Å². The van der Waals surface area contributed by atoms with Crippen LogP contribution in [0.1, 0.15) is 71.6 Å². The first-order valence-corrected chi connectivity index (χ1v) is 8.90. The SMILES string of the molecule is C[C@@]12CCC[C@H]1[C@@H]1CCC3=CCC(O)C[C@]3(C)[C@H]1CC2. The molecule has 0 heterocycles. The molecule has 4 rings (SSSR count). The van der Waals surface area contributed by atoms with Crippen LogP contribution in [-0.4, -0.2) is 11.2 Å². The van der Waals surface area contributed by atoms with Crippen LogP contribution in [0.25, 0.3) is 0 Å². The van der Waals surface area contributed by atoms with Gasteiger partial charge in [-0.1, -0.05) is 31.9 Å². The van der Waals surface area contributed by atoms with Gasteiger partial charge in [-0.15, -0.1) is 0 Å². The summed E-state index contributed by atoms with van der Waals surface area (Å²) >= 11 is 0. The molecule has 0 spiro atoms. The first-order valence-electron chi connectivity index (χ1n) is 8.90. The molecule has 4 aliphatic rings. The van der Waals surface area contributed by atoms with Gasteiger partial charge in [0.1, 0.15) is 0 Å². The van der Waals surface area contributed by atoms with Crippen molar-refractivity contribution in [3.05, 3.63) is 11.6 Å². The van der Waals surface area contributed by atoms with Crippen molar-refractivity contribution >= 4 is 0 Å². The number of aliphatic hydroxyl groups excluding tert-OH is 1. The highest BCUT2D eigenvalue weighted by Gasteiger charge is 2.56. The van der Waals surface area contributed by atoms with Crippen molar-refractivity contribution in [2.24, 2.45) is 28.6 Å². The van der Waals surface area contributed by atoms with Crippen LogP contribution in [0.2, 0.25) is 0 Å². The van der Waals surface area contributed by atoms with Crippen LogP contribution < -0.4 is 0 Å². The monoisotopic (exact) mass is 274 g/mol. The minimum absolute atomic E-state index is 0.0839. The van der Waals surface area contributed by atoms with Gasteiger partial charge in [0.2, 0.25) is 0 Å². The first-order chi connectivity index (χ1) is 9.53. The fourth-order valence-corrected chi connectivity index (χ4v) is 6.79. The van der Waals surface area contributed by atoms with E-state index in [9.17, 15) is 5.11 Å². The average Bonchev–Trinajstić information content (AvgIpc) is 2.79. The fourth-order valence-electron chi connectivity index (χ4n) is 6.79. The van der Waals surface area contributed by atoms with E-state index in [-0.39, 0.29) is 6.10 Å². The summed E-state index contributed by atoms with van der Waals surface area (Å²) in [7, 11) is 0. The molecular weight excluding hydrogens is 244 g/mol. The minimum atomic E-state index is -0.0839. The highest BCUT2D eigenvalue weighted by atomic mass is 16.3. The van der Waals surface area contributed by atoms with Gasteiger partial charge in [0.25, 0.3) is 0 Å². The molecular formula is C19H30O. The van der Waals surface area contributed by atoms with Crippen LogP contribution in [0.15, 0.2) is 11.6 Å². The largest absolute Gasteiger partial charge is 0.393 e. The lowest BCUT2D eigenvalue weighted by atomic mass is 9.47. The zero-order valence-electron chi connectivity index (χ0n) is 13.2.